The molecule has 1 N–H and O–H groups in total. The molecule has 0 aliphatic rings. The predicted octanol–water partition coefficient (Wildman–Crippen LogP) is 0.485. The normalized spacial score (nSPS) is 11.5. The van der Waals surface area contributed by atoms with E-state index in [9.17, 15) is 4.79 Å². The number of carboxylic acids is 1. The summed E-state index contributed by atoms with van der Waals surface area (Å²) in [6, 6.07) is 0. The monoisotopic (exact) mass is 268 g/mol. The maximum Gasteiger partial charge on any atom is 0.317 e. The molecule has 0 fully saturated rings. The Hall–Kier alpha value is -1.40. The molecule has 0 amide bonds. The van der Waals surface area contributed by atoms with Crippen LogP contribution in [0.5, 0.6) is 0 Å². The Morgan fingerprint density at radius 2 is 1.95 bits per heavy atom. The third-order valence-corrected chi connectivity index (χ3v) is 3.26. The summed E-state index contributed by atoms with van der Waals surface area (Å²) in [5.41, 5.74) is 3.19. The second-order valence-corrected chi connectivity index (χ2v) is 5.18. The minimum atomic E-state index is -0.794. The Balaban J connectivity index is 2.78. The van der Waals surface area contributed by atoms with Gasteiger partial charge in [-0.05, 0) is 27.9 Å². The van der Waals surface area contributed by atoms with Crippen molar-refractivity contribution in [3.63, 3.8) is 0 Å². The molecule has 108 valence electrons. The number of hydrogen-bond donors (Lipinski definition) is 1. The molecule has 19 heavy (non-hydrogen) atoms. The van der Waals surface area contributed by atoms with E-state index in [1.807, 2.05) is 44.6 Å². The quantitative estimate of drug-likeness (QED) is 0.779. The van der Waals surface area contributed by atoms with Gasteiger partial charge in [0.05, 0.1) is 12.2 Å². The molecule has 6 nitrogen and oxygen atoms in total. The molecular formula is C13H24N4O2. The standard InChI is InChI=1S/C13H24N4O2/c1-10-12(11(2)16(5)14-10)8-17(9-13(18)19)7-6-15(3)4/h6-9H2,1-5H3,(H,18,19). The molecule has 0 aliphatic carbocycles. The number of rotatable bonds is 7. The van der Waals surface area contributed by atoms with Gasteiger partial charge in [0.2, 0.25) is 0 Å². The van der Waals surface area contributed by atoms with Crippen LogP contribution in [0.4, 0.5) is 0 Å². The van der Waals surface area contributed by atoms with E-state index in [1.54, 1.807) is 0 Å². The zero-order valence-electron chi connectivity index (χ0n) is 12.5. The Labute approximate surface area is 114 Å². The van der Waals surface area contributed by atoms with Gasteiger partial charge in [-0.15, -0.1) is 0 Å². The lowest BCUT2D eigenvalue weighted by Crippen LogP contribution is -2.35. The maximum absolute atomic E-state index is 10.9. The summed E-state index contributed by atoms with van der Waals surface area (Å²) in [4.78, 5) is 14.9. The van der Waals surface area contributed by atoms with Crippen molar-refractivity contribution in [2.75, 3.05) is 33.7 Å². The smallest absolute Gasteiger partial charge is 0.317 e. The van der Waals surface area contributed by atoms with Crippen LogP contribution in [0.1, 0.15) is 17.0 Å². The van der Waals surface area contributed by atoms with Gasteiger partial charge < -0.3 is 10.0 Å². The molecule has 1 aromatic rings. The van der Waals surface area contributed by atoms with Crippen LogP contribution in [0.25, 0.3) is 0 Å². The summed E-state index contributed by atoms with van der Waals surface area (Å²) in [5.74, 6) is -0.794. The fraction of sp³-hybridized carbons (Fsp3) is 0.692. The molecular weight excluding hydrogens is 244 g/mol. The highest BCUT2D eigenvalue weighted by atomic mass is 16.4. The van der Waals surface area contributed by atoms with Gasteiger partial charge in [-0.25, -0.2) is 0 Å². The molecule has 0 saturated heterocycles. The SMILES string of the molecule is Cc1nn(C)c(C)c1CN(CCN(C)C)CC(=O)O. The Bertz CT molecular complexity index is 440. The lowest BCUT2D eigenvalue weighted by molar-refractivity contribution is -0.138. The molecule has 1 aromatic heterocycles. The van der Waals surface area contributed by atoms with Gasteiger partial charge in [0, 0.05) is 37.9 Å². The van der Waals surface area contributed by atoms with Crippen LogP contribution in [-0.2, 0) is 18.4 Å². The van der Waals surface area contributed by atoms with Gasteiger partial charge in [-0.2, -0.15) is 5.10 Å². The van der Waals surface area contributed by atoms with Crippen molar-refractivity contribution in [2.45, 2.75) is 20.4 Å². The summed E-state index contributed by atoms with van der Waals surface area (Å²) in [5, 5.41) is 13.4. The van der Waals surface area contributed by atoms with Gasteiger partial charge in [-0.1, -0.05) is 0 Å². The van der Waals surface area contributed by atoms with Crippen molar-refractivity contribution in [1.29, 1.82) is 0 Å². The average molecular weight is 268 g/mol. The molecule has 0 atom stereocenters. The van der Waals surface area contributed by atoms with Crippen LogP contribution in [0.15, 0.2) is 0 Å². The number of aliphatic carboxylic acids is 1. The molecule has 0 aliphatic heterocycles. The van der Waals surface area contributed by atoms with Gasteiger partial charge in [-0.3, -0.25) is 14.4 Å². The molecule has 0 unspecified atom stereocenters. The second-order valence-electron chi connectivity index (χ2n) is 5.18. The number of carbonyl (C=O) groups is 1. The minimum absolute atomic E-state index is 0.0572. The van der Waals surface area contributed by atoms with Crippen LogP contribution in [0, 0.1) is 13.8 Å². The van der Waals surface area contributed by atoms with Crippen LogP contribution in [0.3, 0.4) is 0 Å². The van der Waals surface area contributed by atoms with Crippen molar-refractivity contribution in [1.82, 2.24) is 19.6 Å². The molecule has 0 radical (unpaired) electrons. The van der Waals surface area contributed by atoms with Crippen molar-refractivity contribution in [2.24, 2.45) is 7.05 Å². The first-order chi connectivity index (χ1) is 8.81. The van der Waals surface area contributed by atoms with E-state index in [1.165, 1.54) is 0 Å². The molecule has 0 spiro atoms. The first-order valence-corrected chi connectivity index (χ1v) is 6.39. The number of carboxylic acid groups (broad SMARTS) is 1. The number of hydrogen-bond acceptors (Lipinski definition) is 4. The zero-order chi connectivity index (χ0) is 14.6. The van der Waals surface area contributed by atoms with Gasteiger partial charge in [0.25, 0.3) is 0 Å². The van der Waals surface area contributed by atoms with Crippen molar-refractivity contribution >= 4 is 5.97 Å². The van der Waals surface area contributed by atoms with E-state index in [2.05, 4.69) is 10.00 Å². The maximum atomic E-state index is 10.9. The van der Waals surface area contributed by atoms with E-state index in [4.69, 9.17) is 5.11 Å². The summed E-state index contributed by atoms with van der Waals surface area (Å²) in [6.07, 6.45) is 0. The predicted molar refractivity (Wildman–Crippen MR) is 74.1 cm³/mol. The van der Waals surface area contributed by atoms with E-state index in [-0.39, 0.29) is 6.54 Å². The minimum Gasteiger partial charge on any atom is -0.480 e. The van der Waals surface area contributed by atoms with Crippen LogP contribution in [0.2, 0.25) is 0 Å². The molecule has 1 rings (SSSR count). The first kappa shape index (κ1) is 15.7. The molecule has 0 aromatic carbocycles. The van der Waals surface area contributed by atoms with Crippen LogP contribution < -0.4 is 0 Å². The molecule has 6 heteroatoms. The number of aromatic nitrogens is 2. The Morgan fingerprint density at radius 3 is 2.37 bits per heavy atom. The van der Waals surface area contributed by atoms with Crippen molar-refractivity contribution < 1.29 is 9.90 Å². The zero-order valence-corrected chi connectivity index (χ0v) is 12.5. The second kappa shape index (κ2) is 6.68. The van der Waals surface area contributed by atoms with Crippen molar-refractivity contribution in [3.05, 3.63) is 17.0 Å². The molecule has 0 bridgehead atoms. The Kier molecular flexibility index (Phi) is 5.50. The topological polar surface area (TPSA) is 61.6 Å². The largest absolute Gasteiger partial charge is 0.480 e. The van der Waals surface area contributed by atoms with E-state index in [0.717, 1.165) is 30.0 Å². The fourth-order valence-corrected chi connectivity index (χ4v) is 2.02. The number of nitrogens with zero attached hydrogens (tertiary/aromatic N) is 4. The summed E-state index contributed by atoms with van der Waals surface area (Å²) < 4.78 is 1.84. The third-order valence-electron chi connectivity index (χ3n) is 3.26. The summed E-state index contributed by atoms with van der Waals surface area (Å²) in [7, 11) is 5.88. The van der Waals surface area contributed by atoms with Gasteiger partial charge in [0.15, 0.2) is 0 Å². The fourth-order valence-electron chi connectivity index (χ4n) is 2.02. The molecule has 0 saturated carbocycles. The highest BCUT2D eigenvalue weighted by Crippen LogP contribution is 2.14. The van der Waals surface area contributed by atoms with Crippen LogP contribution in [-0.4, -0.2) is 64.4 Å². The van der Waals surface area contributed by atoms with Crippen molar-refractivity contribution in [3.8, 4) is 0 Å². The van der Waals surface area contributed by atoms with E-state index < -0.39 is 5.97 Å². The highest BCUT2D eigenvalue weighted by molar-refractivity contribution is 5.69. The third kappa shape index (κ3) is 4.65. The lowest BCUT2D eigenvalue weighted by Gasteiger charge is -2.22. The highest BCUT2D eigenvalue weighted by Gasteiger charge is 2.16. The van der Waals surface area contributed by atoms with Crippen LogP contribution >= 0.6 is 0 Å². The average Bonchev–Trinajstić information content (AvgIpc) is 2.52. The first-order valence-electron chi connectivity index (χ1n) is 6.39. The number of likely N-dealkylation sites (N-methyl/N-ethyl adjacent to an activating group) is 1. The Morgan fingerprint density at radius 1 is 1.32 bits per heavy atom. The van der Waals surface area contributed by atoms with E-state index in [0.29, 0.717) is 6.54 Å². The van der Waals surface area contributed by atoms with E-state index >= 15 is 0 Å². The van der Waals surface area contributed by atoms with Gasteiger partial charge in [0.1, 0.15) is 0 Å². The summed E-state index contributed by atoms with van der Waals surface area (Å²) >= 11 is 0. The van der Waals surface area contributed by atoms with Gasteiger partial charge >= 0.3 is 5.97 Å². The summed E-state index contributed by atoms with van der Waals surface area (Å²) in [6.45, 7) is 6.24. The molecule has 1 heterocycles. The number of aryl methyl sites for hydroxylation is 2. The lowest BCUT2D eigenvalue weighted by atomic mass is 10.2.